The zero-order valence-electron chi connectivity index (χ0n) is 18.4. The van der Waals surface area contributed by atoms with Crippen LogP contribution < -0.4 is 4.74 Å². The van der Waals surface area contributed by atoms with E-state index < -0.39 is 11.6 Å². The molecule has 0 aliphatic rings. The van der Waals surface area contributed by atoms with Gasteiger partial charge in [-0.2, -0.15) is 4.39 Å². The molecule has 168 valence electrons. The highest BCUT2D eigenvalue weighted by Crippen LogP contribution is 2.28. The molecule has 6 heteroatoms. The quantitative estimate of drug-likeness (QED) is 0.245. The van der Waals surface area contributed by atoms with Crippen molar-refractivity contribution in [3.8, 4) is 17.1 Å². The summed E-state index contributed by atoms with van der Waals surface area (Å²) in [6.45, 7) is 8.72. The summed E-state index contributed by atoms with van der Waals surface area (Å²) in [6, 6.07) is 2.77. The minimum atomic E-state index is -1.06. The third-order valence-corrected chi connectivity index (χ3v) is 4.76. The Balaban J connectivity index is 1.84. The molecule has 0 amide bonds. The average molecular weight is 431 g/mol. The first-order chi connectivity index (χ1) is 15.1. The number of hydrogen-bond donors (Lipinski definition) is 0. The van der Waals surface area contributed by atoms with Gasteiger partial charge < -0.3 is 9.47 Å². The lowest BCUT2D eigenvalue weighted by Gasteiger charge is -2.11. The Labute approximate surface area is 184 Å². The van der Waals surface area contributed by atoms with E-state index in [0.29, 0.717) is 0 Å². The van der Waals surface area contributed by atoms with Crippen molar-refractivity contribution in [2.24, 2.45) is 0 Å². The van der Waals surface area contributed by atoms with Gasteiger partial charge in [-0.15, -0.1) is 0 Å². The average Bonchev–Trinajstić information content (AvgIpc) is 2.78. The molecule has 0 N–H and O–H groups in total. The van der Waals surface area contributed by atoms with Crippen LogP contribution in [0.5, 0.6) is 5.75 Å². The second-order valence-electron chi connectivity index (χ2n) is 7.40. The van der Waals surface area contributed by atoms with Crippen LogP contribution in [0.1, 0.15) is 57.9 Å². The fourth-order valence-corrected chi connectivity index (χ4v) is 2.99. The predicted octanol–water partition coefficient (Wildman–Crippen LogP) is 6.77. The van der Waals surface area contributed by atoms with Crippen molar-refractivity contribution in [1.82, 2.24) is 9.97 Å². The van der Waals surface area contributed by atoms with E-state index in [1.54, 1.807) is 12.4 Å². The summed E-state index contributed by atoms with van der Waals surface area (Å²) in [5.74, 6) is -2.13. The fraction of sp³-hybridized carbons (Fsp3) is 0.440. The molecular formula is C25H32F2N2O2. The number of benzene rings is 1. The molecule has 31 heavy (non-hydrogen) atoms. The van der Waals surface area contributed by atoms with Crippen LogP contribution in [0.3, 0.4) is 0 Å². The largest absolute Gasteiger partial charge is 0.486 e. The minimum absolute atomic E-state index is 0.00749. The maximum Gasteiger partial charge on any atom is 0.201 e. The first-order valence-electron chi connectivity index (χ1n) is 10.9. The van der Waals surface area contributed by atoms with Crippen LogP contribution in [0.4, 0.5) is 8.78 Å². The SMILES string of the molecule is C=CCOc1ccc(-c2ncc(/C=C/CCCC(C)OCCCCC)cn2)c(F)c1F. The summed E-state index contributed by atoms with van der Waals surface area (Å²) in [6.07, 6.45) is 15.4. The Morgan fingerprint density at radius 3 is 2.58 bits per heavy atom. The molecule has 1 unspecified atom stereocenters. The van der Waals surface area contributed by atoms with Gasteiger partial charge in [-0.3, -0.25) is 0 Å². The zero-order valence-corrected chi connectivity index (χ0v) is 18.4. The molecule has 0 aliphatic heterocycles. The smallest absolute Gasteiger partial charge is 0.201 e. The fourth-order valence-electron chi connectivity index (χ4n) is 2.99. The predicted molar refractivity (Wildman–Crippen MR) is 121 cm³/mol. The summed E-state index contributed by atoms with van der Waals surface area (Å²) in [5.41, 5.74) is 0.798. The second kappa shape index (κ2) is 13.7. The van der Waals surface area contributed by atoms with E-state index in [1.807, 2.05) is 6.08 Å². The molecule has 0 radical (unpaired) electrons. The molecule has 0 bridgehead atoms. The van der Waals surface area contributed by atoms with Crippen molar-refractivity contribution >= 4 is 6.08 Å². The highest BCUT2D eigenvalue weighted by molar-refractivity contribution is 5.59. The van der Waals surface area contributed by atoms with E-state index in [2.05, 4.69) is 36.5 Å². The Morgan fingerprint density at radius 2 is 1.87 bits per heavy atom. The van der Waals surface area contributed by atoms with Crippen LogP contribution >= 0.6 is 0 Å². The van der Waals surface area contributed by atoms with Gasteiger partial charge in [-0.05, 0) is 44.7 Å². The van der Waals surface area contributed by atoms with Gasteiger partial charge in [0.2, 0.25) is 5.82 Å². The van der Waals surface area contributed by atoms with Gasteiger partial charge in [0.05, 0.1) is 11.7 Å². The van der Waals surface area contributed by atoms with Crippen LogP contribution in [0.2, 0.25) is 0 Å². The van der Waals surface area contributed by atoms with Crippen molar-refractivity contribution in [1.29, 1.82) is 0 Å². The van der Waals surface area contributed by atoms with Gasteiger partial charge in [-0.25, -0.2) is 14.4 Å². The molecule has 1 aromatic heterocycles. The highest BCUT2D eigenvalue weighted by Gasteiger charge is 2.17. The number of halogens is 2. The number of nitrogens with zero attached hydrogens (tertiary/aromatic N) is 2. The number of hydrogen-bond acceptors (Lipinski definition) is 4. The zero-order chi connectivity index (χ0) is 22.5. The van der Waals surface area contributed by atoms with Crippen molar-refractivity contribution < 1.29 is 18.3 Å². The Hall–Kier alpha value is -2.60. The third-order valence-electron chi connectivity index (χ3n) is 4.76. The van der Waals surface area contributed by atoms with Crippen LogP contribution in [0.15, 0.2) is 43.3 Å². The third kappa shape index (κ3) is 8.21. The number of unbranched alkanes of at least 4 members (excludes halogenated alkanes) is 3. The minimum Gasteiger partial charge on any atom is -0.486 e. The van der Waals surface area contributed by atoms with Gasteiger partial charge >= 0.3 is 0 Å². The maximum absolute atomic E-state index is 14.4. The van der Waals surface area contributed by atoms with Gasteiger partial charge in [-0.1, -0.05) is 44.6 Å². The molecule has 1 atom stereocenters. The molecule has 0 saturated heterocycles. The molecular weight excluding hydrogens is 398 g/mol. The van der Waals surface area contributed by atoms with E-state index in [9.17, 15) is 8.78 Å². The van der Waals surface area contributed by atoms with Crippen molar-refractivity contribution in [2.75, 3.05) is 13.2 Å². The number of rotatable bonds is 14. The first-order valence-corrected chi connectivity index (χ1v) is 10.9. The van der Waals surface area contributed by atoms with Crippen LogP contribution in [0.25, 0.3) is 17.5 Å². The van der Waals surface area contributed by atoms with E-state index in [4.69, 9.17) is 9.47 Å². The lowest BCUT2D eigenvalue weighted by Crippen LogP contribution is -2.08. The van der Waals surface area contributed by atoms with Gasteiger partial charge in [0, 0.05) is 24.6 Å². The van der Waals surface area contributed by atoms with E-state index in [1.165, 1.54) is 31.1 Å². The molecule has 2 rings (SSSR count). The lowest BCUT2D eigenvalue weighted by molar-refractivity contribution is 0.0566. The molecule has 0 saturated carbocycles. The van der Waals surface area contributed by atoms with E-state index in [-0.39, 0.29) is 29.8 Å². The number of allylic oxidation sites excluding steroid dienone is 1. The molecule has 0 spiro atoms. The first kappa shape index (κ1) is 24.7. The molecule has 1 aromatic carbocycles. The van der Waals surface area contributed by atoms with E-state index >= 15 is 0 Å². The Morgan fingerprint density at radius 1 is 1.10 bits per heavy atom. The van der Waals surface area contributed by atoms with Crippen molar-refractivity contribution in [3.05, 3.63) is 60.5 Å². The molecule has 1 heterocycles. The number of aromatic nitrogens is 2. The van der Waals surface area contributed by atoms with Crippen LogP contribution in [-0.4, -0.2) is 29.3 Å². The Kier molecular flexibility index (Phi) is 10.9. The van der Waals surface area contributed by atoms with Crippen LogP contribution in [0, 0.1) is 11.6 Å². The molecule has 0 fully saturated rings. The second-order valence-corrected chi connectivity index (χ2v) is 7.40. The normalized spacial score (nSPS) is 12.3. The molecule has 2 aromatic rings. The maximum atomic E-state index is 14.4. The topological polar surface area (TPSA) is 44.2 Å². The molecule has 4 nitrogen and oxygen atoms in total. The molecule has 0 aliphatic carbocycles. The number of ether oxygens (including phenoxy) is 2. The van der Waals surface area contributed by atoms with E-state index in [0.717, 1.165) is 37.9 Å². The Bertz CT molecular complexity index is 838. The standard InChI is InChI=1S/C25H32F2N2O2/c1-4-6-10-16-30-19(3)11-8-7-9-12-20-17-28-25(29-18-20)21-13-14-22(31-15-5-2)24(27)23(21)26/h5,9,12-14,17-19H,2,4,6-8,10-11,15-16H2,1,3H3/b12-9+. The summed E-state index contributed by atoms with van der Waals surface area (Å²) in [5, 5.41) is 0. The van der Waals surface area contributed by atoms with Gasteiger partial charge in [0.1, 0.15) is 6.61 Å². The summed E-state index contributed by atoms with van der Waals surface area (Å²) >= 11 is 0. The van der Waals surface area contributed by atoms with Crippen molar-refractivity contribution in [2.45, 2.75) is 58.5 Å². The van der Waals surface area contributed by atoms with Crippen molar-refractivity contribution in [3.63, 3.8) is 0 Å². The summed E-state index contributed by atoms with van der Waals surface area (Å²) < 4.78 is 39.4. The lowest BCUT2D eigenvalue weighted by atomic mass is 10.1. The van der Waals surface area contributed by atoms with Gasteiger partial charge in [0.15, 0.2) is 17.4 Å². The highest BCUT2D eigenvalue weighted by atomic mass is 19.2. The summed E-state index contributed by atoms with van der Waals surface area (Å²) in [4.78, 5) is 8.35. The van der Waals surface area contributed by atoms with Gasteiger partial charge in [0.25, 0.3) is 0 Å². The monoisotopic (exact) mass is 430 g/mol. The van der Waals surface area contributed by atoms with Crippen LogP contribution in [-0.2, 0) is 4.74 Å². The summed E-state index contributed by atoms with van der Waals surface area (Å²) in [7, 11) is 0.